The molecule has 0 amide bonds. The Hall–Kier alpha value is -3.31. The molecule has 164 valence electrons. The first kappa shape index (κ1) is 22.4. The molecule has 0 bridgehead atoms. The van der Waals surface area contributed by atoms with Crippen LogP contribution in [0.1, 0.15) is 20.8 Å². The fourth-order valence-electron chi connectivity index (χ4n) is 2.77. The summed E-state index contributed by atoms with van der Waals surface area (Å²) >= 11 is 0. The van der Waals surface area contributed by atoms with Crippen molar-refractivity contribution in [3.05, 3.63) is 48.5 Å². The number of sulfonamides is 1. The van der Waals surface area contributed by atoms with Gasteiger partial charge in [0.15, 0.2) is 0 Å². The van der Waals surface area contributed by atoms with E-state index >= 15 is 0 Å². The van der Waals surface area contributed by atoms with Crippen molar-refractivity contribution in [3.63, 3.8) is 0 Å². The number of hydrogen-bond donors (Lipinski definition) is 2. The second-order valence-corrected chi connectivity index (χ2v) is 8.75. The number of rotatable bonds is 9. The van der Waals surface area contributed by atoms with Gasteiger partial charge in [0.25, 0.3) is 0 Å². The minimum Gasteiger partial charge on any atom is -0.494 e. The number of carboxylic acid groups (broad SMARTS) is 1. The topological polar surface area (TPSA) is 136 Å². The molecule has 3 rings (SSSR count). The Bertz CT molecular complexity index is 1140. The number of aliphatic carboxylic acids is 1. The fourth-order valence-corrected chi connectivity index (χ4v) is 4.11. The molecule has 11 heteroatoms. The van der Waals surface area contributed by atoms with Crippen LogP contribution >= 0.6 is 0 Å². The van der Waals surface area contributed by atoms with Crippen LogP contribution < -0.4 is 9.46 Å². The van der Waals surface area contributed by atoms with Crippen molar-refractivity contribution in [2.45, 2.75) is 31.7 Å². The monoisotopic (exact) mass is 445 g/mol. The third-order valence-corrected chi connectivity index (χ3v) is 5.89. The molecule has 2 aromatic carbocycles. The van der Waals surface area contributed by atoms with Gasteiger partial charge < -0.3 is 9.84 Å². The fraction of sp³-hybridized carbons (Fsp3) is 0.300. The first-order chi connectivity index (χ1) is 14.7. The quantitative estimate of drug-likeness (QED) is 0.511. The predicted octanol–water partition coefficient (Wildman–Crippen LogP) is 2.12. The Balaban J connectivity index is 1.78. The highest BCUT2D eigenvalue weighted by Gasteiger charge is 2.28. The van der Waals surface area contributed by atoms with Crippen molar-refractivity contribution in [2.24, 2.45) is 5.92 Å². The van der Waals surface area contributed by atoms with Gasteiger partial charge in [-0.1, -0.05) is 13.8 Å². The summed E-state index contributed by atoms with van der Waals surface area (Å²) in [4.78, 5) is 12.5. The van der Waals surface area contributed by atoms with Gasteiger partial charge in [0.2, 0.25) is 15.8 Å². The van der Waals surface area contributed by atoms with E-state index in [2.05, 4.69) is 20.1 Å². The molecule has 0 fully saturated rings. The van der Waals surface area contributed by atoms with E-state index in [-0.39, 0.29) is 4.90 Å². The van der Waals surface area contributed by atoms with Crippen LogP contribution in [0.5, 0.6) is 5.75 Å². The Morgan fingerprint density at radius 2 is 1.77 bits per heavy atom. The number of benzene rings is 2. The number of carboxylic acids is 1. The lowest BCUT2D eigenvalue weighted by Crippen LogP contribution is -2.44. The second kappa shape index (κ2) is 9.23. The lowest BCUT2D eigenvalue weighted by Gasteiger charge is -2.18. The molecule has 0 radical (unpaired) electrons. The number of nitrogens with zero attached hydrogens (tertiary/aromatic N) is 4. The van der Waals surface area contributed by atoms with Crippen LogP contribution in [0.3, 0.4) is 0 Å². The van der Waals surface area contributed by atoms with Crippen LogP contribution in [-0.2, 0) is 14.8 Å². The minimum atomic E-state index is -4.00. The number of hydrogen-bond acceptors (Lipinski definition) is 7. The third-order valence-electron chi connectivity index (χ3n) is 4.43. The molecule has 0 aliphatic rings. The summed E-state index contributed by atoms with van der Waals surface area (Å²) in [5.41, 5.74) is 1.26. The first-order valence-corrected chi connectivity index (χ1v) is 11.1. The molecule has 1 aromatic heterocycles. The lowest BCUT2D eigenvalue weighted by atomic mass is 10.1. The van der Waals surface area contributed by atoms with Crippen LogP contribution in [0.4, 0.5) is 0 Å². The molecule has 1 atom stereocenters. The van der Waals surface area contributed by atoms with Crippen LogP contribution in [0.15, 0.2) is 53.4 Å². The van der Waals surface area contributed by atoms with E-state index in [4.69, 9.17) is 4.74 Å². The smallest absolute Gasteiger partial charge is 0.322 e. The molecule has 31 heavy (non-hydrogen) atoms. The van der Waals surface area contributed by atoms with Gasteiger partial charge in [0.1, 0.15) is 11.8 Å². The second-order valence-electron chi connectivity index (χ2n) is 7.03. The Labute approximate surface area is 179 Å². The molecule has 0 spiro atoms. The number of carbonyl (C=O) groups is 1. The van der Waals surface area contributed by atoms with E-state index in [0.29, 0.717) is 18.1 Å². The van der Waals surface area contributed by atoms with Gasteiger partial charge in [0.05, 0.1) is 17.2 Å². The van der Waals surface area contributed by atoms with Crippen LogP contribution in [0.2, 0.25) is 0 Å². The number of nitrogens with one attached hydrogen (secondary N) is 1. The highest BCUT2D eigenvalue weighted by molar-refractivity contribution is 7.89. The predicted molar refractivity (Wildman–Crippen MR) is 112 cm³/mol. The van der Waals surface area contributed by atoms with Gasteiger partial charge >= 0.3 is 5.97 Å². The number of aromatic nitrogens is 4. The summed E-state index contributed by atoms with van der Waals surface area (Å²) in [5.74, 6) is -0.495. The molecular weight excluding hydrogens is 422 g/mol. The summed E-state index contributed by atoms with van der Waals surface area (Å²) < 4.78 is 32.7. The summed E-state index contributed by atoms with van der Waals surface area (Å²) in [6, 6.07) is 11.8. The van der Waals surface area contributed by atoms with E-state index in [9.17, 15) is 18.3 Å². The SMILES string of the molecule is CCOc1ccc(-c2nnn(-c3ccc(S(=O)(=O)NC(C(=O)O)C(C)C)cc3)n2)cc1. The minimum absolute atomic E-state index is 0.0602. The maximum absolute atomic E-state index is 12.5. The van der Waals surface area contributed by atoms with E-state index in [1.54, 1.807) is 13.8 Å². The molecule has 0 aliphatic carbocycles. The first-order valence-electron chi connectivity index (χ1n) is 9.60. The zero-order valence-electron chi connectivity index (χ0n) is 17.3. The van der Waals surface area contributed by atoms with Crippen molar-refractivity contribution in [2.75, 3.05) is 6.61 Å². The molecule has 2 N–H and O–H groups in total. The highest BCUT2D eigenvalue weighted by atomic mass is 32.2. The van der Waals surface area contributed by atoms with Crippen LogP contribution in [0, 0.1) is 5.92 Å². The van der Waals surface area contributed by atoms with Crippen molar-refractivity contribution in [1.82, 2.24) is 24.9 Å². The van der Waals surface area contributed by atoms with E-state index < -0.39 is 28.0 Å². The normalized spacial score (nSPS) is 12.6. The molecule has 1 heterocycles. The zero-order valence-corrected chi connectivity index (χ0v) is 18.1. The summed E-state index contributed by atoms with van der Waals surface area (Å²) in [6.45, 7) is 5.73. The van der Waals surface area contributed by atoms with Crippen LogP contribution in [0.25, 0.3) is 17.1 Å². The maximum Gasteiger partial charge on any atom is 0.322 e. The molecule has 0 saturated heterocycles. The van der Waals surface area contributed by atoms with Gasteiger partial charge in [-0.2, -0.15) is 4.72 Å². The zero-order chi connectivity index (χ0) is 22.6. The average Bonchev–Trinajstić information content (AvgIpc) is 3.23. The van der Waals surface area contributed by atoms with Crippen molar-refractivity contribution < 1.29 is 23.1 Å². The van der Waals surface area contributed by atoms with Crippen molar-refractivity contribution in [1.29, 1.82) is 0 Å². The third kappa shape index (κ3) is 5.25. The summed E-state index contributed by atoms with van der Waals surface area (Å²) in [6.07, 6.45) is 0. The summed E-state index contributed by atoms with van der Waals surface area (Å²) in [7, 11) is -4.00. The number of tetrazole rings is 1. The maximum atomic E-state index is 12.5. The standard InChI is InChI=1S/C20H23N5O5S/c1-4-30-16-9-5-14(6-10-16)19-21-24-25(22-19)15-7-11-17(12-8-15)31(28,29)23-18(13(2)3)20(26)27/h5-13,18,23H,4H2,1-3H3,(H,26,27). The number of ether oxygens (including phenoxy) is 1. The molecule has 10 nitrogen and oxygen atoms in total. The van der Waals surface area contributed by atoms with Gasteiger partial charge in [-0.25, -0.2) is 8.42 Å². The largest absolute Gasteiger partial charge is 0.494 e. The molecule has 0 saturated carbocycles. The van der Waals surface area contributed by atoms with Gasteiger partial charge in [-0.05, 0) is 66.6 Å². The van der Waals surface area contributed by atoms with Crippen molar-refractivity contribution in [3.8, 4) is 22.8 Å². The highest BCUT2D eigenvalue weighted by Crippen LogP contribution is 2.20. The average molecular weight is 446 g/mol. The van der Waals surface area contributed by atoms with Crippen LogP contribution in [-0.4, -0.2) is 52.3 Å². The Morgan fingerprint density at radius 3 is 2.32 bits per heavy atom. The molecular formula is C20H23N5O5S. The summed E-state index contributed by atoms with van der Waals surface area (Å²) in [5, 5.41) is 21.6. The Morgan fingerprint density at radius 1 is 1.13 bits per heavy atom. The lowest BCUT2D eigenvalue weighted by molar-refractivity contribution is -0.140. The van der Waals surface area contributed by atoms with Gasteiger partial charge in [-0.15, -0.1) is 15.0 Å². The molecule has 3 aromatic rings. The van der Waals surface area contributed by atoms with Crippen molar-refractivity contribution >= 4 is 16.0 Å². The van der Waals surface area contributed by atoms with E-state index in [0.717, 1.165) is 11.3 Å². The molecule has 0 aliphatic heterocycles. The van der Waals surface area contributed by atoms with Gasteiger partial charge in [0, 0.05) is 5.56 Å². The Kier molecular flexibility index (Phi) is 6.66. The molecule has 1 unspecified atom stereocenters. The van der Waals surface area contributed by atoms with Gasteiger partial charge in [-0.3, -0.25) is 4.79 Å². The van der Waals surface area contributed by atoms with E-state index in [1.165, 1.54) is 29.1 Å². The van der Waals surface area contributed by atoms with E-state index in [1.807, 2.05) is 31.2 Å².